The second-order valence-corrected chi connectivity index (χ2v) is 6.86. The molecule has 0 unspecified atom stereocenters. The summed E-state index contributed by atoms with van der Waals surface area (Å²) in [5, 5.41) is 4.06. The fourth-order valence-corrected chi connectivity index (χ4v) is 3.27. The van der Waals surface area contributed by atoms with Gasteiger partial charge in [0.05, 0.1) is 16.8 Å². The second-order valence-electron chi connectivity index (χ2n) is 3.86. The van der Waals surface area contributed by atoms with Gasteiger partial charge in [-0.3, -0.25) is 4.68 Å². The fraction of sp³-hybridized carbons (Fsp3) is 0.182. The maximum Gasteiger partial charge on any atom is 0.242 e. The zero-order valence-electron chi connectivity index (χ0n) is 10.5. The summed E-state index contributed by atoms with van der Waals surface area (Å²) in [6, 6.07) is 4.86. The lowest BCUT2D eigenvalue weighted by Gasteiger charge is -2.07. The van der Waals surface area contributed by atoms with Crippen molar-refractivity contribution in [1.29, 1.82) is 0 Å². The zero-order valence-corrected chi connectivity index (χ0v) is 12.1. The molecule has 0 bridgehead atoms. The minimum atomic E-state index is -3.52. The summed E-state index contributed by atoms with van der Waals surface area (Å²) in [6.07, 6.45) is 3.61. The zero-order chi connectivity index (χ0) is 14.0. The van der Waals surface area contributed by atoms with Gasteiger partial charge in [-0.05, 0) is 25.2 Å². The van der Waals surface area contributed by atoms with Crippen LogP contribution in [0.4, 0.5) is 5.69 Å². The van der Waals surface area contributed by atoms with E-state index in [0.717, 1.165) is 9.79 Å². The molecule has 19 heavy (non-hydrogen) atoms. The van der Waals surface area contributed by atoms with Gasteiger partial charge < -0.3 is 5.73 Å². The Labute approximate surface area is 116 Å². The van der Waals surface area contributed by atoms with Crippen LogP contribution in [0.15, 0.2) is 45.3 Å². The smallest absolute Gasteiger partial charge is 0.242 e. The number of sulfonamides is 1. The topological polar surface area (TPSA) is 90.0 Å². The lowest BCUT2D eigenvalue weighted by molar-refractivity contribution is 0.588. The molecule has 1 heterocycles. The van der Waals surface area contributed by atoms with E-state index in [1.165, 1.54) is 24.9 Å². The molecular weight excluding hydrogens is 284 g/mol. The summed E-state index contributed by atoms with van der Waals surface area (Å²) in [5.41, 5.74) is 6.01. The first-order valence-electron chi connectivity index (χ1n) is 5.42. The highest BCUT2D eigenvalue weighted by Gasteiger charge is 2.15. The van der Waals surface area contributed by atoms with Crippen LogP contribution < -0.4 is 10.5 Å². The van der Waals surface area contributed by atoms with Gasteiger partial charge in [0.1, 0.15) is 4.90 Å². The molecule has 2 rings (SSSR count). The lowest BCUT2D eigenvalue weighted by Crippen LogP contribution is -2.19. The predicted octanol–water partition coefficient (Wildman–Crippen LogP) is 1.06. The van der Waals surface area contributed by atoms with E-state index < -0.39 is 10.0 Å². The van der Waals surface area contributed by atoms with Crippen molar-refractivity contribution in [2.45, 2.75) is 14.7 Å². The average Bonchev–Trinajstić information content (AvgIpc) is 2.74. The first kappa shape index (κ1) is 13.9. The Morgan fingerprint density at radius 3 is 2.63 bits per heavy atom. The summed E-state index contributed by atoms with van der Waals surface area (Å²) >= 11 is 1.47. The first-order valence-corrected chi connectivity index (χ1v) is 7.72. The molecule has 1 aromatic heterocycles. The highest BCUT2D eigenvalue weighted by atomic mass is 32.2. The molecule has 0 atom stereocenters. The number of nitrogens with two attached hydrogens (primary N) is 1. The molecular formula is C11H14N4O2S2. The second kappa shape index (κ2) is 5.24. The van der Waals surface area contributed by atoms with Crippen molar-refractivity contribution in [1.82, 2.24) is 14.5 Å². The van der Waals surface area contributed by atoms with E-state index in [0.29, 0.717) is 0 Å². The number of aromatic nitrogens is 2. The standard InChI is InChI=1S/C11H14N4O2S2/c1-13-19(16,17)11-4-3-8(5-10(11)12)18-9-6-14-15(2)7-9/h3-7,13H,12H2,1-2H3. The van der Waals surface area contributed by atoms with E-state index in [1.807, 2.05) is 13.2 Å². The van der Waals surface area contributed by atoms with Gasteiger partial charge in [0.2, 0.25) is 10.0 Å². The molecule has 0 aliphatic carbocycles. The van der Waals surface area contributed by atoms with Crippen LogP contribution in [0.5, 0.6) is 0 Å². The Bertz CT molecular complexity index is 694. The molecule has 8 heteroatoms. The van der Waals surface area contributed by atoms with Crippen LogP contribution in [-0.4, -0.2) is 25.2 Å². The van der Waals surface area contributed by atoms with Crippen LogP contribution in [0, 0.1) is 0 Å². The quantitative estimate of drug-likeness (QED) is 0.824. The Morgan fingerprint density at radius 2 is 2.11 bits per heavy atom. The van der Waals surface area contributed by atoms with Gasteiger partial charge in [0.25, 0.3) is 0 Å². The monoisotopic (exact) mass is 298 g/mol. The average molecular weight is 298 g/mol. The van der Waals surface area contributed by atoms with Gasteiger partial charge in [0, 0.05) is 18.1 Å². The number of hydrogen-bond acceptors (Lipinski definition) is 5. The number of aryl methyl sites for hydroxylation is 1. The third-order valence-corrected chi connectivity index (χ3v) is 4.88. The van der Waals surface area contributed by atoms with Crippen molar-refractivity contribution in [3.63, 3.8) is 0 Å². The van der Waals surface area contributed by atoms with Crippen molar-refractivity contribution >= 4 is 27.5 Å². The molecule has 0 saturated heterocycles. The van der Waals surface area contributed by atoms with Crippen molar-refractivity contribution in [2.75, 3.05) is 12.8 Å². The predicted molar refractivity (Wildman–Crippen MR) is 74.4 cm³/mol. The molecule has 0 aliphatic heterocycles. The molecule has 1 aromatic carbocycles. The summed E-state index contributed by atoms with van der Waals surface area (Å²) < 4.78 is 27.3. The van der Waals surface area contributed by atoms with Crippen molar-refractivity contribution < 1.29 is 8.42 Å². The highest BCUT2D eigenvalue weighted by Crippen LogP contribution is 2.30. The summed E-state index contributed by atoms with van der Waals surface area (Å²) in [6.45, 7) is 0. The highest BCUT2D eigenvalue weighted by molar-refractivity contribution is 7.99. The SMILES string of the molecule is CNS(=O)(=O)c1ccc(Sc2cnn(C)c2)cc1N. The maximum atomic E-state index is 11.7. The lowest BCUT2D eigenvalue weighted by atomic mass is 10.3. The van der Waals surface area contributed by atoms with E-state index in [2.05, 4.69) is 9.82 Å². The Kier molecular flexibility index (Phi) is 3.83. The largest absolute Gasteiger partial charge is 0.398 e. The van der Waals surface area contributed by atoms with Gasteiger partial charge in [-0.2, -0.15) is 5.10 Å². The van der Waals surface area contributed by atoms with Gasteiger partial charge in [0.15, 0.2) is 0 Å². The number of anilines is 1. The molecule has 3 N–H and O–H groups in total. The van der Waals surface area contributed by atoms with Crippen LogP contribution in [0.2, 0.25) is 0 Å². The van der Waals surface area contributed by atoms with Crippen molar-refractivity contribution in [3.05, 3.63) is 30.6 Å². The van der Waals surface area contributed by atoms with E-state index in [-0.39, 0.29) is 10.6 Å². The normalized spacial score (nSPS) is 11.7. The maximum absolute atomic E-state index is 11.7. The number of benzene rings is 1. The fourth-order valence-electron chi connectivity index (χ4n) is 1.53. The van der Waals surface area contributed by atoms with Crippen LogP contribution >= 0.6 is 11.8 Å². The summed E-state index contributed by atoms with van der Waals surface area (Å²) in [7, 11) is -0.327. The van der Waals surface area contributed by atoms with E-state index in [1.54, 1.807) is 23.0 Å². The minimum Gasteiger partial charge on any atom is -0.398 e. The number of rotatable bonds is 4. The molecule has 0 saturated carbocycles. The van der Waals surface area contributed by atoms with Gasteiger partial charge in [-0.15, -0.1) is 0 Å². The first-order chi connectivity index (χ1) is 8.92. The number of hydrogen-bond donors (Lipinski definition) is 2. The van der Waals surface area contributed by atoms with E-state index in [4.69, 9.17) is 5.73 Å². The summed E-state index contributed by atoms with van der Waals surface area (Å²) in [5.74, 6) is 0. The number of nitrogens with one attached hydrogen (secondary N) is 1. The number of nitrogen functional groups attached to an aromatic ring is 1. The number of nitrogens with zero attached hydrogens (tertiary/aromatic N) is 2. The summed E-state index contributed by atoms with van der Waals surface area (Å²) in [4.78, 5) is 1.91. The van der Waals surface area contributed by atoms with Crippen molar-refractivity contribution in [2.24, 2.45) is 7.05 Å². The van der Waals surface area contributed by atoms with Gasteiger partial charge in [-0.25, -0.2) is 13.1 Å². The Hall–Kier alpha value is -1.51. The molecule has 0 spiro atoms. The van der Waals surface area contributed by atoms with Crippen LogP contribution in [0.1, 0.15) is 0 Å². The van der Waals surface area contributed by atoms with Crippen LogP contribution in [-0.2, 0) is 17.1 Å². The third-order valence-electron chi connectivity index (χ3n) is 2.46. The molecule has 6 nitrogen and oxygen atoms in total. The minimum absolute atomic E-state index is 0.0885. The van der Waals surface area contributed by atoms with Crippen LogP contribution in [0.25, 0.3) is 0 Å². The molecule has 0 radical (unpaired) electrons. The van der Waals surface area contributed by atoms with E-state index in [9.17, 15) is 8.42 Å². The molecule has 0 aliphatic rings. The van der Waals surface area contributed by atoms with Crippen molar-refractivity contribution in [3.8, 4) is 0 Å². The molecule has 2 aromatic rings. The van der Waals surface area contributed by atoms with E-state index >= 15 is 0 Å². The van der Waals surface area contributed by atoms with Crippen LogP contribution in [0.3, 0.4) is 0 Å². The Balaban J connectivity index is 2.29. The molecule has 102 valence electrons. The van der Waals surface area contributed by atoms with Gasteiger partial charge >= 0.3 is 0 Å². The third kappa shape index (κ3) is 3.09. The molecule has 0 amide bonds. The Morgan fingerprint density at radius 1 is 1.37 bits per heavy atom. The van der Waals surface area contributed by atoms with Gasteiger partial charge in [-0.1, -0.05) is 11.8 Å². The molecule has 0 fully saturated rings.